The minimum Gasteiger partial charge on any atom is -0.481 e. The van der Waals surface area contributed by atoms with E-state index in [-0.39, 0.29) is 17.2 Å². The first kappa shape index (κ1) is 13.4. The molecule has 1 saturated carbocycles. The van der Waals surface area contributed by atoms with Crippen molar-refractivity contribution in [1.82, 2.24) is 4.90 Å². The van der Waals surface area contributed by atoms with Crippen LogP contribution in [0.25, 0.3) is 0 Å². The van der Waals surface area contributed by atoms with Crippen molar-refractivity contribution >= 4 is 11.9 Å². The number of carboxylic acids is 1. The van der Waals surface area contributed by atoms with Gasteiger partial charge in [-0.25, -0.2) is 0 Å². The van der Waals surface area contributed by atoms with Crippen LogP contribution in [0.5, 0.6) is 0 Å². The minimum atomic E-state index is -0.809. The number of nitrogens with zero attached hydrogens (tertiary/aromatic N) is 1. The van der Waals surface area contributed by atoms with Crippen molar-refractivity contribution < 1.29 is 14.7 Å². The SMILES string of the molecule is CC1C[C@H](C(=O)N2CCC(C)(C)C2)[C@H](C(=O)O)C1. The second-order valence-electron chi connectivity index (χ2n) is 6.80. The van der Waals surface area contributed by atoms with E-state index in [4.69, 9.17) is 0 Å². The lowest BCUT2D eigenvalue weighted by molar-refractivity contribution is -0.148. The fourth-order valence-electron chi connectivity index (χ4n) is 3.37. The first-order valence-corrected chi connectivity index (χ1v) is 6.82. The van der Waals surface area contributed by atoms with Crippen LogP contribution < -0.4 is 0 Å². The van der Waals surface area contributed by atoms with Gasteiger partial charge in [-0.2, -0.15) is 0 Å². The molecule has 0 spiro atoms. The lowest BCUT2D eigenvalue weighted by atomic mass is 9.92. The lowest BCUT2D eigenvalue weighted by Gasteiger charge is -2.24. The zero-order valence-corrected chi connectivity index (χ0v) is 11.5. The van der Waals surface area contributed by atoms with Crippen LogP contribution in [-0.4, -0.2) is 35.0 Å². The van der Waals surface area contributed by atoms with Gasteiger partial charge in [0.2, 0.25) is 5.91 Å². The quantitative estimate of drug-likeness (QED) is 0.818. The van der Waals surface area contributed by atoms with Crippen LogP contribution in [0.3, 0.4) is 0 Å². The summed E-state index contributed by atoms with van der Waals surface area (Å²) in [5.74, 6) is -1.17. The molecule has 4 nitrogen and oxygen atoms in total. The number of hydrogen-bond donors (Lipinski definition) is 1. The molecule has 2 fully saturated rings. The van der Waals surface area contributed by atoms with Crippen molar-refractivity contribution in [3.8, 4) is 0 Å². The van der Waals surface area contributed by atoms with Crippen molar-refractivity contribution in [2.75, 3.05) is 13.1 Å². The number of aliphatic carboxylic acids is 1. The van der Waals surface area contributed by atoms with E-state index in [9.17, 15) is 14.7 Å². The summed E-state index contributed by atoms with van der Waals surface area (Å²) in [5.41, 5.74) is 0.179. The fraction of sp³-hybridized carbons (Fsp3) is 0.857. The van der Waals surface area contributed by atoms with E-state index in [0.29, 0.717) is 12.3 Å². The average Bonchev–Trinajstić information content (AvgIpc) is 2.80. The Kier molecular flexibility index (Phi) is 3.39. The zero-order chi connectivity index (χ0) is 13.5. The molecule has 1 N–H and O–H groups in total. The van der Waals surface area contributed by atoms with E-state index < -0.39 is 11.9 Å². The average molecular weight is 253 g/mol. The molecule has 1 aliphatic carbocycles. The summed E-state index contributed by atoms with van der Waals surface area (Å²) < 4.78 is 0. The van der Waals surface area contributed by atoms with Crippen LogP contribution >= 0.6 is 0 Å². The third kappa shape index (κ3) is 2.52. The predicted molar refractivity (Wildman–Crippen MR) is 68.0 cm³/mol. The van der Waals surface area contributed by atoms with Gasteiger partial charge in [0, 0.05) is 13.1 Å². The first-order chi connectivity index (χ1) is 8.30. The molecule has 1 aliphatic heterocycles. The van der Waals surface area contributed by atoms with Crippen LogP contribution in [0.2, 0.25) is 0 Å². The van der Waals surface area contributed by atoms with Crippen molar-refractivity contribution in [3.63, 3.8) is 0 Å². The maximum absolute atomic E-state index is 12.5. The minimum absolute atomic E-state index is 0.0670. The second-order valence-corrected chi connectivity index (χ2v) is 6.80. The Morgan fingerprint density at radius 3 is 2.33 bits per heavy atom. The highest BCUT2D eigenvalue weighted by molar-refractivity contribution is 5.85. The fourth-order valence-corrected chi connectivity index (χ4v) is 3.37. The molecule has 1 unspecified atom stereocenters. The normalized spacial score (nSPS) is 34.8. The molecule has 1 amide bonds. The summed E-state index contributed by atoms with van der Waals surface area (Å²) in [5, 5.41) is 9.23. The molecule has 102 valence electrons. The Labute approximate surface area is 108 Å². The van der Waals surface area contributed by atoms with Gasteiger partial charge in [-0.1, -0.05) is 20.8 Å². The van der Waals surface area contributed by atoms with E-state index in [2.05, 4.69) is 13.8 Å². The Hall–Kier alpha value is -1.06. The van der Waals surface area contributed by atoms with Gasteiger partial charge in [-0.05, 0) is 30.6 Å². The highest BCUT2D eigenvalue weighted by Crippen LogP contribution is 2.39. The van der Waals surface area contributed by atoms with Crippen molar-refractivity contribution in [2.24, 2.45) is 23.2 Å². The molecule has 0 aromatic rings. The Morgan fingerprint density at radius 2 is 1.83 bits per heavy atom. The lowest BCUT2D eigenvalue weighted by Crippen LogP contribution is -2.38. The van der Waals surface area contributed by atoms with E-state index in [1.54, 1.807) is 0 Å². The number of likely N-dealkylation sites (tertiary alicyclic amines) is 1. The monoisotopic (exact) mass is 253 g/mol. The zero-order valence-electron chi connectivity index (χ0n) is 11.5. The molecule has 0 radical (unpaired) electrons. The van der Waals surface area contributed by atoms with E-state index in [0.717, 1.165) is 25.9 Å². The molecular weight excluding hydrogens is 230 g/mol. The van der Waals surface area contributed by atoms with E-state index >= 15 is 0 Å². The van der Waals surface area contributed by atoms with E-state index in [1.807, 2.05) is 11.8 Å². The summed E-state index contributed by atoms with van der Waals surface area (Å²) in [6.45, 7) is 7.90. The summed E-state index contributed by atoms with van der Waals surface area (Å²) >= 11 is 0. The molecule has 0 bridgehead atoms. The summed E-state index contributed by atoms with van der Waals surface area (Å²) in [6, 6.07) is 0. The molecule has 0 aromatic heterocycles. The maximum atomic E-state index is 12.5. The topological polar surface area (TPSA) is 57.6 Å². The number of rotatable bonds is 2. The molecule has 4 heteroatoms. The molecule has 3 atom stereocenters. The maximum Gasteiger partial charge on any atom is 0.307 e. The largest absolute Gasteiger partial charge is 0.481 e. The van der Waals surface area contributed by atoms with Gasteiger partial charge in [-0.15, -0.1) is 0 Å². The summed E-state index contributed by atoms with van der Waals surface area (Å²) in [4.78, 5) is 25.6. The van der Waals surface area contributed by atoms with Crippen LogP contribution in [0.15, 0.2) is 0 Å². The standard InChI is InChI=1S/C14H23NO3/c1-9-6-10(11(7-9)13(17)18)12(16)15-5-4-14(2,3)8-15/h9-11H,4-8H2,1-3H3,(H,17,18)/t9?,10-,11+/m0/s1. The van der Waals surface area contributed by atoms with E-state index in [1.165, 1.54) is 0 Å². The van der Waals surface area contributed by atoms with Crippen molar-refractivity contribution in [3.05, 3.63) is 0 Å². The molecule has 1 heterocycles. The second kappa shape index (κ2) is 4.56. The van der Waals surface area contributed by atoms with Crippen LogP contribution in [0.1, 0.15) is 40.0 Å². The molecule has 0 aromatic carbocycles. The van der Waals surface area contributed by atoms with Gasteiger partial charge in [0.1, 0.15) is 0 Å². The van der Waals surface area contributed by atoms with Gasteiger partial charge in [0.05, 0.1) is 11.8 Å². The third-order valence-electron chi connectivity index (χ3n) is 4.42. The van der Waals surface area contributed by atoms with Crippen molar-refractivity contribution in [1.29, 1.82) is 0 Å². The number of carbonyl (C=O) groups excluding carboxylic acids is 1. The highest BCUT2D eigenvalue weighted by atomic mass is 16.4. The Balaban J connectivity index is 2.07. The van der Waals surface area contributed by atoms with Gasteiger partial charge < -0.3 is 10.0 Å². The smallest absolute Gasteiger partial charge is 0.307 e. The number of carboxylic acid groups (broad SMARTS) is 1. The molecule has 2 rings (SSSR count). The van der Waals surface area contributed by atoms with Gasteiger partial charge in [-0.3, -0.25) is 9.59 Å². The molecule has 2 aliphatic rings. The first-order valence-electron chi connectivity index (χ1n) is 6.82. The van der Waals surface area contributed by atoms with Crippen LogP contribution in [-0.2, 0) is 9.59 Å². The Morgan fingerprint density at radius 1 is 1.22 bits per heavy atom. The number of hydrogen-bond acceptors (Lipinski definition) is 2. The summed E-state index contributed by atoms with van der Waals surface area (Å²) in [7, 11) is 0. The van der Waals surface area contributed by atoms with Gasteiger partial charge in [0.25, 0.3) is 0 Å². The molecular formula is C14H23NO3. The van der Waals surface area contributed by atoms with Gasteiger partial charge >= 0.3 is 5.97 Å². The van der Waals surface area contributed by atoms with Crippen LogP contribution in [0, 0.1) is 23.2 Å². The van der Waals surface area contributed by atoms with Crippen LogP contribution in [0.4, 0.5) is 0 Å². The Bertz CT molecular complexity index is 364. The van der Waals surface area contributed by atoms with Gasteiger partial charge in [0.15, 0.2) is 0 Å². The third-order valence-corrected chi connectivity index (χ3v) is 4.42. The highest BCUT2D eigenvalue weighted by Gasteiger charge is 2.44. The molecule has 1 saturated heterocycles. The summed E-state index contributed by atoms with van der Waals surface area (Å²) in [6.07, 6.45) is 2.38. The number of amides is 1. The number of carbonyl (C=O) groups is 2. The molecule has 18 heavy (non-hydrogen) atoms. The van der Waals surface area contributed by atoms with Crippen molar-refractivity contribution in [2.45, 2.75) is 40.0 Å². The predicted octanol–water partition coefficient (Wildman–Crippen LogP) is 1.99.